The molecular weight excluding hydrogens is 348 g/mol. The molecule has 1 aliphatic heterocycles. The summed E-state index contributed by atoms with van der Waals surface area (Å²) in [5, 5.41) is 10.0. The first-order valence-corrected chi connectivity index (χ1v) is 11.1. The van der Waals surface area contributed by atoms with Gasteiger partial charge in [0, 0.05) is 11.5 Å². The van der Waals surface area contributed by atoms with E-state index in [2.05, 4.69) is 40.7 Å². The molecule has 1 saturated heterocycles. The van der Waals surface area contributed by atoms with Crippen molar-refractivity contribution in [3.63, 3.8) is 0 Å². The maximum Gasteiger partial charge on any atom is 0.182 e. The Morgan fingerprint density at radius 3 is 2.79 bits per heavy atom. The molecule has 2 fully saturated rings. The van der Waals surface area contributed by atoms with Gasteiger partial charge in [-0.15, -0.1) is 0 Å². The molecule has 4 rings (SSSR count). The summed E-state index contributed by atoms with van der Waals surface area (Å²) in [6, 6.07) is 0. The van der Waals surface area contributed by atoms with E-state index in [1.54, 1.807) is 0 Å². The average Bonchev–Trinajstić information content (AvgIpc) is 3.14. The zero-order chi connectivity index (χ0) is 20.3. The van der Waals surface area contributed by atoms with Gasteiger partial charge in [-0.1, -0.05) is 31.1 Å². The van der Waals surface area contributed by atoms with Crippen molar-refractivity contribution in [1.29, 1.82) is 0 Å². The lowest BCUT2D eigenvalue weighted by Crippen LogP contribution is -2.44. The molecule has 154 valence electrons. The van der Waals surface area contributed by atoms with Crippen LogP contribution < -0.4 is 0 Å². The molecule has 1 saturated carbocycles. The smallest absolute Gasteiger partial charge is 0.182 e. The lowest BCUT2D eigenvalue weighted by Gasteiger charge is -2.44. The fourth-order valence-electron chi connectivity index (χ4n) is 7.01. The van der Waals surface area contributed by atoms with Crippen molar-refractivity contribution >= 4 is 5.78 Å². The number of carbonyl (C=O) groups is 1. The van der Waals surface area contributed by atoms with Crippen LogP contribution in [-0.4, -0.2) is 29.2 Å². The Kier molecular flexibility index (Phi) is 4.99. The Morgan fingerprint density at radius 2 is 2.11 bits per heavy atom. The van der Waals surface area contributed by atoms with Gasteiger partial charge in [0.25, 0.3) is 0 Å². The molecule has 3 aliphatic carbocycles. The zero-order valence-electron chi connectivity index (χ0n) is 18.2. The number of aliphatic hydroxyl groups excluding tert-OH is 1. The lowest BCUT2D eigenvalue weighted by molar-refractivity contribution is -0.111. The highest BCUT2D eigenvalue weighted by Gasteiger charge is 2.61. The molecule has 1 spiro atoms. The number of carbonyl (C=O) groups excluding carboxylic acids is 1. The molecule has 0 radical (unpaired) electrons. The predicted molar refractivity (Wildman–Crippen MR) is 112 cm³/mol. The Morgan fingerprint density at radius 1 is 1.36 bits per heavy atom. The van der Waals surface area contributed by atoms with Gasteiger partial charge in [0.15, 0.2) is 5.78 Å². The third-order valence-electron chi connectivity index (χ3n) is 8.33. The number of aliphatic hydroxyl groups is 1. The Bertz CT molecular complexity index is 769. The van der Waals surface area contributed by atoms with E-state index < -0.39 is 0 Å². The van der Waals surface area contributed by atoms with Crippen LogP contribution in [0.1, 0.15) is 73.1 Å². The number of fused-ring (bicyclic) bond motifs is 3. The average molecular weight is 385 g/mol. The summed E-state index contributed by atoms with van der Waals surface area (Å²) in [5.41, 5.74) is 4.51. The largest absolute Gasteiger partial charge is 0.392 e. The molecule has 1 N–H and O–H groups in total. The summed E-state index contributed by atoms with van der Waals surface area (Å²) < 4.78 is 6.86. The van der Waals surface area contributed by atoms with E-state index in [0.717, 1.165) is 43.3 Å². The molecule has 0 aromatic heterocycles. The van der Waals surface area contributed by atoms with Gasteiger partial charge in [0.2, 0.25) is 0 Å². The van der Waals surface area contributed by atoms with Gasteiger partial charge in [0.1, 0.15) is 0 Å². The highest BCUT2D eigenvalue weighted by Crippen LogP contribution is 2.63. The molecule has 6 atom stereocenters. The minimum atomic E-state index is -0.0519. The topological polar surface area (TPSA) is 46.5 Å². The molecular formula is C25H36O3. The molecule has 0 bridgehead atoms. The van der Waals surface area contributed by atoms with Crippen LogP contribution in [0.5, 0.6) is 0 Å². The first kappa shape index (κ1) is 20.1. The standard InChI is InChI=1S/C25H36O3/c1-15(2)10-19-12-17(4)25(28-19)9-8-24(5)13-20-16(3)11-21(27)23(20)18(14-26)6-7-22(24)25/h10-11,17,19-20,22,26H,6-9,12-14H2,1-5H3/t17-,19-,20+,22+,24+,25-/m0/s1. The zero-order valence-corrected chi connectivity index (χ0v) is 18.2. The monoisotopic (exact) mass is 384 g/mol. The minimum Gasteiger partial charge on any atom is -0.392 e. The predicted octanol–water partition coefficient (Wildman–Crippen LogP) is 5.15. The molecule has 0 aromatic rings. The molecule has 28 heavy (non-hydrogen) atoms. The molecule has 0 aromatic carbocycles. The van der Waals surface area contributed by atoms with Gasteiger partial charge >= 0.3 is 0 Å². The summed E-state index contributed by atoms with van der Waals surface area (Å²) in [6.07, 6.45) is 10.6. The third kappa shape index (κ3) is 2.97. The highest BCUT2D eigenvalue weighted by molar-refractivity contribution is 6.08. The van der Waals surface area contributed by atoms with Gasteiger partial charge in [-0.05, 0) is 88.2 Å². The Hall–Kier alpha value is -1.19. The van der Waals surface area contributed by atoms with Gasteiger partial charge in [-0.2, -0.15) is 0 Å². The molecule has 3 nitrogen and oxygen atoms in total. The molecule has 0 amide bonds. The third-order valence-corrected chi connectivity index (χ3v) is 8.33. The number of ether oxygens (including phenoxy) is 1. The van der Waals surface area contributed by atoms with Crippen LogP contribution in [0.25, 0.3) is 0 Å². The van der Waals surface area contributed by atoms with Crippen LogP contribution in [0.2, 0.25) is 0 Å². The summed E-state index contributed by atoms with van der Waals surface area (Å²) in [7, 11) is 0. The van der Waals surface area contributed by atoms with Crippen molar-refractivity contribution < 1.29 is 14.6 Å². The fraction of sp³-hybridized carbons (Fsp3) is 0.720. The van der Waals surface area contributed by atoms with E-state index in [1.165, 1.54) is 17.6 Å². The first-order chi connectivity index (χ1) is 13.2. The second-order valence-corrected chi connectivity index (χ2v) is 10.4. The van der Waals surface area contributed by atoms with Crippen molar-refractivity contribution in [2.45, 2.75) is 84.8 Å². The number of hydrogen-bond acceptors (Lipinski definition) is 3. The summed E-state index contributed by atoms with van der Waals surface area (Å²) >= 11 is 0. The van der Waals surface area contributed by atoms with Crippen LogP contribution in [0, 0.1) is 23.2 Å². The minimum absolute atomic E-state index is 0.00588. The van der Waals surface area contributed by atoms with Gasteiger partial charge < -0.3 is 9.84 Å². The van der Waals surface area contributed by atoms with Gasteiger partial charge in [-0.25, -0.2) is 0 Å². The van der Waals surface area contributed by atoms with Gasteiger partial charge in [0.05, 0.1) is 18.3 Å². The van der Waals surface area contributed by atoms with E-state index in [-0.39, 0.29) is 35.4 Å². The Balaban J connectivity index is 1.71. The number of rotatable bonds is 2. The van der Waals surface area contributed by atoms with Crippen LogP contribution in [0.3, 0.4) is 0 Å². The molecule has 1 heterocycles. The summed E-state index contributed by atoms with van der Waals surface area (Å²) in [5.74, 6) is 1.35. The van der Waals surface area contributed by atoms with E-state index >= 15 is 0 Å². The van der Waals surface area contributed by atoms with Crippen LogP contribution >= 0.6 is 0 Å². The van der Waals surface area contributed by atoms with Crippen molar-refractivity contribution in [2.75, 3.05) is 6.61 Å². The molecule has 0 unspecified atom stereocenters. The number of ketones is 1. The maximum atomic E-state index is 12.6. The van der Waals surface area contributed by atoms with E-state index in [4.69, 9.17) is 4.74 Å². The van der Waals surface area contributed by atoms with Crippen molar-refractivity contribution in [3.05, 3.63) is 34.4 Å². The maximum absolute atomic E-state index is 12.6. The first-order valence-electron chi connectivity index (χ1n) is 11.1. The second-order valence-electron chi connectivity index (χ2n) is 10.4. The van der Waals surface area contributed by atoms with Crippen LogP contribution in [0.15, 0.2) is 34.4 Å². The van der Waals surface area contributed by atoms with Crippen molar-refractivity contribution in [3.8, 4) is 0 Å². The second kappa shape index (κ2) is 6.95. The molecule has 3 heteroatoms. The summed E-state index contributed by atoms with van der Waals surface area (Å²) in [6.45, 7) is 11.2. The van der Waals surface area contributed by atoms with E-state index in [9.17, 15) is 9.90 Å². The van der Waals surface area contributed by atoms with E-state index in [0.29, 0.717) is 11.8 Å². The quantitative estimate of drug-likeness (QED) is 0.670. The van der Waals surface area contributed by atoms with Crippen molar-refractivity contribution in [1.82, 2.24) is 0 Å². The SMILES string of the molecule is CC(C)=C[C@H]1C[C@H](C)[C@]2(CC[C@]3(C)C[C@@H]4C(C)=CC(=O)C4=C(CO)CC[C@H]32)O1. The van der Waals surface area contributed by atoms with Crippen LogP contribution in [-0.2, 0) is 9.53 Å². The number of hydrogen-bond donors (Lipinski definition) is 1. The van der Waals surface area contributed by atoms with Crippen LogP contribution in [0.4, 0.5) is 0 Å². The van der Waals surface area contributed by atoms with E-state index in [1.807, 2.05) is 6.08 Å². The van der Waals surface area contributed by atoms with Crippen molar-refractivity contribution in [2.24, 2.45) is 23.2 Å². The summed E-state index contributed by atoms with van der Waals surface area (Å²) in [4.78, 5) is 12.6. The lowest BCUT2D eigenvalue weighted by atomic mass is 9.63. The van der Waals surface area contributed by atoms with Gasteiger partial charge in [-0.3, -0.25) is 4.79 Å². The molecule has 4 aliphatic rings. The Labute approximate surface area is 169 Å². The fourth-order valence-corrected chi connectivity index (χ4v) is 7.01. The normalized spacial score (nSPS) is 42.9. The number of allylic oxidation sites excluding steroid dienone is 4. The highest BCUT2D eigenvalue weighted by atomic mass is 16.5.